The predicted molar refractivity (Wildman–Crippen MR) is 63.1 cm³/mol. The topological polar surface area (TPSA) is 52.6 Å². The van der Waals surface area contributed by atoms with E-state index in [1.54, 1.807) is 6.92 Å². The van der Waals surface area contributed by atoms with Crippen LogP contribution in [-0.4, -0.2) is 59.2 Å². The maximum Gasteiger partial charge on any atom is 0.232 e. The van der Waals surface area contributed by atoms with Crippen LogP contribution < -0.4 is 5.32 Å². The lowest BCUT2D eigenvalue weighted by Gasteiger charge is -2.27. The van der Waals surface area contributed by atoms with Crippen molar-refractivity contribution in [3.05, 3.63) is 0 Å². The minimum Gasteiger partial charge on any atom is -0.392 e. The number of nitrogens with zero attached hydrogens (tertiary/aromatic N) is 1. The second-order valence-electron chi connectivity index (χ2n) is 3.89. The summed E-state index contributed by atoms with van der Waals surface area (Å²) in [5.41, 5.74) is 0. The number of hydrogen-bond acceptors (Lipinski definition) is 4. The molecule has 1 aliphatic rings. The Labute approximate surface area is 95.4 Å². The first-order valence-electron chi connectivity index (χ1n) is 5.39. The molecular formula is C10H20N2O2S. The molecule has 1 saturated heterocycles. The Morgan fingerprint density at radius 1 is 1.47 bits per heavy atom. The standard InChI is InChI=1S/C10H20N2O2S/c1-8(13)9(2)15-7-10(14)12-5-3-11-4-6-12/h8-9,11,13H,3-7H2,1-2H3. The van der Waals surface area contributed by atoms with Crippen molar-refractivity contribution in [2.45, 2.75) is 25.2 Å². The van der Waals surface area contributed by atoms with E-state index in [4.69, 9.17) is 0 Å². The van der Waals surface area contributed by atoms with Crippen molar-refractivity contribution in [1.82, 2.24) is 10.2 Å². The van der Waals surface area contributed by atoms with Gasteiger partial charge in [-0.2, -0.15) is 0 Å². The first-order chi connectivity index (χ1) is 7.11. The molecule has 0 bridgehead atoms. The van der Waals surface area contributed by atoms with Gasteiger partial charge in [0.15, 0.2) is 0 Å². The number of aliphatic hydroxyl groups excluding tert-OH is 1. The third-order valence-corrected chi connectivity index (χ3v) is 3.95. The molecule has 0 spiro atoms. The van der Waals surface area contributed by atoms with Gasteiger partial charge in [-0.1, -0.05) is 6.92 Å². The Balaban J connectivity index is 2.22. The lowest BCUT2D eigenvalue weighted by molar-refractivity contribution is -0.128. The maximum atomic E-state index is 11.7. The van der Waals surface area contributed by atoms with Crippen molar-refractivity contribution in [3.8, 4) is 0 Å². The molecule has 4 nitrogen and oxygen atoms in total. The third-order valence-electron chi connectivity index (χ3n) is 2.62. The van der Waals surface area contributed by atoms with Gasteiger partial charge < -0.3 is 15.3 Å². The van der Waals surface area contributed by atoms with E-state index >= 15 is 0 Å². The SMILES string of the molecule is CC(O)C(C)SCC(=O)N1CCNCC1. The minimum absolute atomic E-state index is 0.122. The van der Waals surface area contributed by atoms with Crippen LogP contribution in [0, 0.1) is 0 Å². The van der Waals surface area contributed by atoms with Gasteiger partial charge in [0.05, 0.1) is 11.9 Å². The van der Waals surface area contributed by atoms with E-state index in [1.807, 2.05) is 11.8 Å². The Hall–Kier alpha value is -0.260. The van der Waals surface area contributed by atoms with E-state index in [2.05, 4.69) is 5.32 Å². The summed E-state index contributed by atoms with van der Waals surface area (Å²) in [6.45, 7) is 7.10. The quantitative estimate of drug-likeness (QED) is 0.712. The smallest absolute Gasteiger partial charge is 0.232 e. The molecule has 0 saturated carbocycles. The summed E-state index contributed by atoms with van der Waals surface area (Å²) in [5.74, 6) is 0.667. The van der Waals surface area contributed by atoms with Crippen LogP contribution >= 0.6 is 11.8 Å². The fourth-order valence-electron chi connectivity index (χ4n) is 1.35. The van der Waals surface area contributed by atoms with E-state index in [0.29, 0.717) is 5.75 Å². The van der Waals surface area contributed by atoms with E-state index in [0.717, 1.165) is 26.2 Å². The van der Waals surface area contributed by atoms with Gasteiger partial charge in [-0.25, -0.2) is 0 Å². The van der Waals surface area contributed by atoms with Crippen LogP contribution in [0.3, 0.4) is 0 Å². The highest BCUT2D eigenvalue weighted by Crippen LogP contribution is 2.14. The molecule has 2 N–H and O–H groups in total. The monoisotopic (exact) mass is 232 g/mol. The second kappa shape index (κ2) is 6.35. The highest BCUT2D eigenvalue weighted by Gasteiger charge is 2.18. The number of hydrogen-bond donors (Lipinski definition) is 2. The number of piperazine rings is 1. The molecule has 5 heteroatoms. The minimum atomic E-state index is -0.356. The first kappa shape index (κ1) is 12.8. The van der Waals surface area contributed by atoms with Crippen molar-refractivity contribution in [2.75, 3.05) is 31.9 Å². The largest absolute Gasteiger partial charge is 0.392 e. The Bertz CT molecular complexity index is 206. The number of nitrogens with one attached hydrogen (secondary N) is 1. The highest BCUT2D eigenvalue weighted by molar-refractivity contribution is 8.00. The zero-order valence-electron chi connectivity index (χ0n) is 9.40. The number of amides is 1. The average Bonchev–Trinajstić information content (AvgIpc) is 2.26. The van der Waals surface area contributed by atoms with E-state index in [9.17, 15) is 9.90 Å². The number of carbonyl (C=O) groups excluding carboxylic acids is 1. The molecule has 15 heavy (non-hydrogen) atoms. The van der Waals surface area contributed by atoms with Gasteiger partial charge in [0.25, 0.3) is 0 Å². The van der Waals surface area contributed by atoms with Gasteiger partial charge in [-0.05, 0) is 6.92 Å². The van der Waals surface area contributed by atoms with Crippen LogP contribution in [0.4, 0.5) is 0 Å². The van der Waals surface area contributed by atoms with Crippen LogP contribution in [-0.2, 0) is 4.79 Å². The van der Waals surface area contributed by atoms with Crippen molar-refractivity contribution in [2.24, 2.45) is 0 Å². The van der Waals surface area contributed by atoms with Crippen LogP contribution in [0.15, 0.2) is 0 Å². The molecule has 1 aliphatic heterocycles. The zero-order chi connectivity index (χ0) is 11.3. The van der Waals surface area contributed by atoms with Crippen LogP contribution in [0.1, 0.15) is 13.8 Å². The molecule has 0 aliphatic carbocycles. The Morgan fingerprint density at radius 3 is 2.60 bits per heavy atom. The highest BCUT2D eigenvalue weighted by atomic mass is 32.2. The first-order valence-corrected chi connectivity index (χ1v) is 6.44. The summed E-state index contributed by atoms with van der Waals surface area (Å²) in [5, 5.41) is 12.6. The molecular weight excluding hydrogens is 212 g/mol. The Kier molecular flexibility index (Phi) is 5.42. The van der Waals surface area contributed by atoms with E-state index in [1.165, 1.54) is 11.8 Å². The van der Waals surface area contributed by atoms with Gasteiger partial charge in [0, 0.05) is 31.4 Å². The predicted octanol–water partition coefficient (Wildman–Crippen LogP) is -0.0793. The van der Waals surface area contributed by atoms with Gasteiger partial charge in [0.2, 0.25) is 5.91 Å². The van der Waals surface area contributed by atoms with Gasteiger partial charge in [-0.15, -0.1) is 11.8 Å². The fraction of sp³-hybridized carbons (Fsp3) is 0.900. The van der Waals surface area contributed by atoms with Crippen molar-refractivity contribution in [1.29, 1.82) is 0 Å². The molecule has 0 aromatic carbocycles. The second-order valence-corrected chi connectivity index (χ2v) is 5.25. The average molecular weight is 232 g/mol. The van der Waals surface area contributed by atoms with Crippen molar-refractivity contribution >= 4 is 17.7 Å². The summed E-state index contributed by atoms with van der Waals surface area (Å²) in [7, 11) is 0. The zero-order valence-corrected chi connectivity index (χ0v) is 10.2. The molecule has 1 rings (SSSR count). The molecule has 88 valence electrons. The van der Waals surface area contributed by atoms with Crippen LogP contribution in [0.2, 0.25) is 0 Å². The van der Waals surface area contributed by atoms with Gasteiger partial charge in [0.1, 0.15) is 0 Å². The van der Waals surface area contributed by atoms with Crippen LogP contribution in [0.25, 0.3) is 0 Å². The molecule has 0 aromatic heterocycles. The number of rotatable bonds is 4. The lowest BCUT2D eigenvalue weighted by atomic mass is 10.3. The molecule has 2 unspecified atom stereocenters. The lowest BCUT2D eigenvalue weighted by Crippen LogP contribution is -2.47. The molecule has 1 amide bonds. The van der Waals surface area contributed by atoms with E-state index < -0.39 is 0 Å². The van der Waals surface area contributed by atoms with Gasteiger partial charge in [-0.3, -0.25) is 4.79 Å². The summed E-state index contributed by atoms with van der Waals surface area (Å²) >= 11 is 1.52. The molecule has 1 heterocycles. The maximum absolute atomic E-state index is 11.7. The normalized spacial score (nSPS) is 21.1. The summed E-state index contributed by atoms with van der Waals surface area (Å²) < 4.78 is 0. The summed E-state index contributed by atoms with van der Waals surface area (Å²) in [6.07, 6.45) is -0.356. The molecule has 1 fully saturated rings. The number of carbonyl (C=O) groups is 1. The fourth-order valence-corrected chi connectivity index (χ4v) is 2.21. The van der Waals surface area contributed by atoms with Crippen molar-refractivity contribution in [3.63, 3.8) is 0 Å². The molecule has 0 aromatic rings. The third kappa shape index (κ3) is 4.40. The summed E-state index contributed by atoms with van der Waals surface area (Å²) in [6, 6.07) is 0. The van der Waals surface area contributed by atoms with Crippen molar-refractivity contribution < 1.29 is 9.90 Å². The van der Waals surface area contributed by atoms with Crippen LogP contribution in [0.5, 0.6) is 0 Å². The Morgan fingerprint density at radius 2 is 2.07 bits per heavy atom. The molecule has 2 atom stereocenters. The van der Waals surface area contributed by atoms with Gasteiger partial charge >= 0.3 is 0 Å². The summed E-state index contributed by atoms with van der Waals surface area (Å²) in [4.78, 5) is 13.6. The number of aliphatic hydroxyl groups is 1. The van der Waals surface area contributed by atoms with E-state index in [-0.39, 0.29) is 17.3 Å². The molecule has 0 radical (unpaired) electrons. The number of thioether (sulfide) groups is 1.